The number of aryl methyl sites for hydroxylation is 1. The average molecular weight is 825 g/mol. The molecule has 6 aromatic rings. The Labute approximate surface area is 346 Å². The summed E-state index contributed by atoms with van der Waals surface area (Å²) < 4.78 is 29.7. The summed E-state index contributed by atoms with van der Waals surface area (Å²) in [4.78, 5) is 0. The van der Waals surface area contributed by atoms with Gasteiger partial charge < -0.3 is 59.5 Å². The van der Waals surface area contributed by atoms with Gasteiger partial charge >= 0.3 is 0 Å². The summed E-state index contributed by atoms with van der Waals surface area (Å²) in [6.07, 6.45) is -4.13. The van der Waals surface area contributed by atoms with E-state index in [1.165, 1.54) is 35.6 Å². The van der Waals surface area contributed by atoms with Gasteiger partial charge in [0, 0.05) is 23.2 Å². The lowest BCUT2D eigenvalue weighted by Crippen LogP contribution is -2.56. The summed E-state index contributed by atoms with van der Waals surface area (Å²) in [7, 11) is 0. The van der Waals surface area contributed by atoms with Gasteiger partial charge in [0.25, 0.3) is 0 Å². The van der Waals surface area contributed by atoms with Gasteiger partial charge in [0.05, 0.1) is 24.2 Å². The Morgan fingerprint density at radius 3 is 1.63 bits per heavy atom. The van der Waals surface area contributed by atoms with Crippen molar-refractivity contribution >= 4 is 21.8 Å². The number of para-hydroxylation sites is 1. The molecule has 2 aromatic heterocycles. The maximum Gasteiger partial charge on any atom is 0.163 e. The van der Waals surface area contributed by atoms with Crippen LogP contribution in [0.4, 0.5) is 4.39 Å². The fraction of sp³-hybridized carbons (Fsp3) is 0.404. The zero-order chi connectivity index (χ0) is 42.2. The molecule has 0 unspecified atom stereocenters. The number of rotatable bonds is 10. The van der Waals surface area contributed by atoms with E-state index < -0.39 is 74.5 Å². The van der Waals surface area contributed by atoms with Crippen LogP contribution in [0.5, 0.6) is 0 Å². The van der Waals surface area contributed by atoms with Crippen molar-refractivity contribution in [2.45, 2.75) is 106 Å². The van der Waals surface area contributed by atoms with Crippen molar-refractivity contribution in [3.05, 3.63) is 143 Å². The molecule has 2 saturated heterocycles. The molecule has 3 aliphatic rings. The lowest BCUT2D eigenvalue weighted by Gasteiger charge is -2.40. The lowest BCUT2D eigenvalue weighted by atomic mass is 9.98. The quantitative estimate of drug-likeness (QED) is 0.100. The zero-order valence-corrected chi connectivity index (χ0v) is 33.3. The van der Waals surface area contributed by atoms with Crippen molar-refractivity contribution < 1.29 is 54.7 Å². The summed E-state index contributed by atoms with van der Waals surface area (Å²) in [5, 5.41) is 82.1. The third-order valence-electron chi connectivity index (χ3n) is 12.2. The number of hydrogen-bond donors (Lipinski definition) is 8. The molecular weight excluding hydrogens is 772 g/mol. The summed E-state index contributed by atoms with van der Waals surface area (Å²) >= 11 is 0. The molecule has 9 rings (SSSR count). The minimum absolute atomic E-state index is 0.384. The number of aliphatic hydroxyl groups excluding tert-OH is 8. The molecule has 0 spiro atoms. The van der Waals surface area contributed by atoms with E-state index in [0.717, 1.165) is 40.4 Å². The predicted molar refractivity (Wildman–Crippen MR) is 222 cm³/mol. The van der Waals surface area contributed by atoms with Gasteiger partial charge in [-0.2, -0.15) is 0 Å². The molecule has 2 aliphatic heterocycles. The highest BCUT2D eigenvalue weighted by atomic mass is 19.1. The van der Waals surface area contributed by atoms with Crippen LogP contribution in [0, 0.1) is 5.82 Å². The number of fused-ring (bicyclic) bond motifs is 2. The number of ether oxygens (including phenoxy) is 2. The molecule has 1 aliphatic carbocycles. The Morgan fingerprint density at radius 2 is 1.07 bits per heavy atom. The summed E-state index contributed by atoms with van der Waals surface area (Å²) in [6.45, 7) is 1.16. The van der Waals surface area contributed by atoms with Gasteiger partial charge in [-0.1, -0.05) is 79.7 Å². The zero-order valence-electron chi connectivity index (χ0n) is 33.3. The van der Waals surface area contributed by atoms with Crippen LogP contribution in [0.2, 0.25) is 0 Å². The molecule has 12 nitrogen and oxygen atoms in total. The molecule has 8 N–H and O–H groups in total. The Hall–Kier alpha value is -4.51. The molecule has 4 heterocycles. The van der Waals surface area contributed by atoms with E-state index in [-0.39, 0.29) is 5.82 Å². The van der Waals surface area contributed by atoms with E-state index in [9.17, 15) is 45.2 Å². The van der Waals surface area contributed by atoms with Gasteiger partial charge in [-0.3, -0.25) is 0 Å². The van der Waals surface area contributed by atoms with Crippen LogP contribution in [0.3, 0.4) is 0 Å². The Morgan fingerprint density at radius 1 is 0.567 bits per heavy atom. The van der Waals surface area contributed by atoms with Crippen LogP contribution in [0.25, 0.3) is 21.8 Å². The van der Waals surface area contributed by atoms with Crippen molar-refractivity contribution in [1.82, 2.24) is 9.13 Å². The highest BCUT2D eigenvalue weighted by Crippen LogP contribution is 2.41. The molecule has 13 heteroatoms. The molecule has 0 radical (unpaired) electrons. The molecule has 4 aromatic carbocycles. The van der Waals surface area contributed by atoms with Crippen molar-refractivity contribution in [2.24, 2.45) is 0 Å². The van der Waals surface area contributed by atoms with Crippen molar-refractivity contribution in [3.63, 3.8) is 0 Å². The molecule has 60 heavy (non-hydrogen) atoms. The van der Waals surface area contributed by atoms with Crippen LogP contribution in [0.15, 0.2) is 103 Å². The van der Waals surface area contributed by atoms with E-state index in [0.29, 0.717) is 23.2 Å². The average Bonchev–Trinajstić information content (AvgIpc) is 3.98. The third kappa shape index (κ3) is 8.27. The molecule has 318 valence electrons. The van der Waals surface area contributed by atoms with Crippen molar-refractivity contribution in [3.8, 4) is 0 Å². The SMILES string of the molecule is CCc1ccc(Cc2cn([C@@H]3O[C@H](CO)[C@@H](O)[C@H](O)[C@H]3O)c3ccccc23)cc1.OC[C@@H]1O[C@H](n2cc(Cc3ccc(C4CC4)cc3)c3c(F)cccc32)[C@@H](O)[C@H](O)[C@H]1O. The highest BCUT2D eigenvalue weighted by molar-refractivity contribution is 5.85. The number of nitrogens with zero attached hydrogens (tertiary/aromatic N) is 2. The first kappa shape index (κ1) is 42.2. The Kier molecular flexibility index (Phi) is 12.5. The molecule has 0 bridgehead atoms. The third-order valence-corrected chi connectivity index (χ3v) is 12.2. The van der Waals surface area contributed by atoms with Crippen LogP contribution < -0.4 is 0 Å². The first-order chi connectivity index (χ1) is 29.0. The first-order valence-electron chi connectivity index (χ1n) is 20.6. The summed E-state index contributed by atoms with van der Waals surface area (Å²) in [5.41, 5.74) is 8.01. The van der Waals surface area contributed by atoms with Gasteiger partial charge in [0.1, 0.15) is 54.6 Å². The largest absolute Gasteiger partial charge is 0.394 e. The fourth-order valence-corrected chi connectivity index (χ4v) is 8.60. The van der Waals surface area contributed by atoms with Gasteiger partial charge in [-0.15, -0.1) is 0 Å². The first-order valence-corrected chi connectivity index (χ1v) is 20.6. The number of aromatic nitrogens is 2. The maximum atomic E-state index is 14.8. The smallest absolute Gasteiger partial charge is 0.163 e. The number of hydrogen-bond acceptors (Lipinski definition) is 10. The van der Waals surface area contributed by atoms with Crippen LogP contribution in [-0.2, 0) is 28.7 Å². The number of aliphatic hydroxyl groups is 8. The minimum Gasteiger partial charge on any atom is -0.394 e. The van der Waals surface area contributed by atoms with E-state index in [4.69, 9.17) is 9.47 Å². The van der Waals surface area contributed by atoms with Crippen LogP contribution in [0.1, 0.15) is 71.5 Å². The van der Waals surface area contributed by atoms with E-state index in [1.807, 2.05) is 30.5 Å². The predicted octanol–water partition coefficient (Wildman–Crippen LogP) is 3.99. The topological polar surface area (TPSA) is 190 Å². The van der Waals surface area contributed by atoms with E-state index in [1.54, 1.807) is 27.5 Å². The van der Waals surface area contributed by atoms with Gasteiger partial charge in [0.15, 0.2) is 12.5 Å². The second-order valence-corrected chi connectivity index (χ2v) is 16.3. The number of benzene rings is 4. The van der Waals surface area contributed by atoms with Crippen molar-refractivity contribution in [2.75, 3.05) is 13.2 Å². The van der Waals surface area contributed by atoms with Gasteiger partial charge in [0.2, 0.25) is 0 Å². The maximum absolute atomic E-state index is 14.8. The second kappa shape index (κ2) is 17.8. The van der Waals surface area contributed by atoms with Crippen LogP contribution in [-0.4, -0.2) is 112 Å². The van der Waals surface area contributed by atoms with E-state index >= 15 is 0 Å². The summed E-state index contributed by atoms with van der Waals surface area (Å²) in [5.74, 6) is 0.282. The summed E-state index contributed by atoms with van der Waals surface area (Å²) in [6, 6.07) is 29.4. The highest BCUT2D eigenvalue weighted by Gasteiger charge is 2.46. The molecule has 10 atom stereocenters. The Balaban J connectivity index is 0.000000167. The van der Waals surface area contributed by atoms with Gasteiger partial charge in [-0.05, 0) is 89.6 Å². The van der Waals surface area contributed by atoms with Gasteiger partial charge in [-0.25, -0.2) is 4.39 Å². The fourth-order valence-electron chi connectivity index (χ4n) is 8.60. The monoisotopic (exact) mass is 824 g/mol. The standard InChI is InChI=1S/C24H26FNO5.C23H27NO5/c25-17-2-1-3-18-20(17)16(10-13-4-6-14(7-5-13)15-8-9-15)11-26(18)24-23(30)22(29)21(28)19(12-27)31-24;1-2-14-7-9-15(10-8-14)11-16-12-24(18-6-4-3-5-17(16)18)23-22(28)21(27)20(26)19(13-25)29-23/h1-7,11,15,19,21-24,27-30H,8-10,12H2;3-10,12,19-23,25-28H,2,11,13H2,1H3/t19-,21-,22+,23-,24-;19-,20-,21+,22-,23-/m01/s1. The van der Waals surface area contributed by atoms with E-state index in [2.05, 4.69) is 55.5 Å². The minimum atomic E-state index is -1.50. The normalized spacial score (nSPS) is 28.2. The molecule has 3 fully saturated rings. The Bertz CT molecular complexity index is 2370. The molecular formula is C47H53FN2O10. The van der Waals surface area contributed by atoms with Crippen LogP contribution >= 0.6 is 0 Å². The lowest BCUT2D eigenvalue weighted by molar-refractivity contribution is -0.250. The second-order valence-electron chi connectivity index (χ2n) is 16.3. The van der Waals surface area contributed by atoms with Crippen molar-refractivity contribution in [1.29, 1.82) is 0 Å². The molecule has 1 saturated carbocycles. The molecule has 0 amide bonds. The number of halogens is 1.